The van der Waals surface area contributed by atoms with Crippen molar-refractivity contribution in [2.24, 2.45) is 0 Å². The quantitative estimate of drug-likeness (QED) is 0.599. The third-order valence-corrected chi connectivity index (χ3v) is 10.1. The Balaban J connectivity index is 2.13. The van der Waals surface area contributed by atoms with Gasteiger partial charge in [-0.05, 0) is 55.4 Å². The summed E-state index contributed by atoms with van der Waals surface area (Å²) in [6.45, 7) is 13.5. The van der Waals surface area contributed by atoms with Crippen LogP contribution in [0.1, 0.15) is 55.1 Å². The molecule has 2 heterocycles. The van der Waals surface area contributed by atoms with Crippen LogP contribution in [-0.2, 0) is 12.8 Å². The summed E-state index contributed by atoms with van der Waals surface area (Å²) in [4.78, 5) is 14.2. The van der Waals surface area contributed by atoms with E-state index in [0.717, 1.165) is 50.0 Å². The van der Waals surface area contributed by atoms with Gasteiger partial charge in [-0.1, -0.05) is 20.8 Å². The van der Waals surface area contributed by atoms with Crippen molar-refractivity contribution >= 4 is 20.3 Å². The normalized spacial score (nSPS) is 17.7. The number of nitrogens with zero attached hydrogens (tertiary/aromatic N) is 1. The van der Waals surface area contributed by atoms with E-state index in [4.69, 9.17) is 4.43 Å². The lowest BCUT2D eigenvalue weighted by Gasteiger charge is -2.41. The SMILES string of the molecule is CC(C)(C)[Si](C)(C)Oc1c(C=O)cc2c3c1CCCN3CCC2. The fraction of sp³-hybridized carbons (Fsp3) is 0.632. The Morgan fingerprint density at radius 2 is 1.83 bits per heavy atom. The van der Waals surface area contributed by atoms with Crippen molar-refractivity contribution in [3.8, 4) is 5.75 Å². The van der Waals surface area contributed by atoms with Crippen molar-refractivity contribution in [3.63, 3.8) is 0 Å². The zero-order valence-electron chi connectivity index (χ0n) is 15.2. The van der Waals surface area contributed by atoms with Crippen LogP contribution in [0.4, 0.5) is 5.69 Å². The summed E-state index contributed by atoms with van der Waals surface area (Å²) in [6, 6.07) is 2.09. The number of benzene rings is 1. The highest BCUT2D eigenvalue weighted by Gasteiger charge is 2.40. The van der Waals surface area contributed by atoms with Gasteiger partial charge in [0.15, 0.2) is 6.29 Å². The van der Waals surface area contributed by atoms with Crippen molar-refractivity contribution in [1.82, 2.24) is 0 Å². The van der Waals surface area contributed by atoms with Crippen LogP contribution in [-0.4, -0.2) is 27.7 Å². The van der Waals surface area contributed by atoms with Crippen LogP contribution in [0.15, 0.2) is 6.07 Å². The Morgan fingerprint density at radius 3 is 2.43 bits per heavy atom. The molecule has 1 aromatic rings. The van der Waals surface area contributed by atoms with Gasteiger partial charge in [0.05, 0.1) is 5.56 Å². The highest BCUT2D eigenvalue weighted by molar-refractivity contribution is 6.74. The van der Waals surface area contributed by atoms with Crippen LogP contribution < -0.4 is 9.33 Å². The molecular weight excluding hydrogens is 302 g/mol. The fourth-order valence-corrected chi connectivity index (χ4v) is 4.53. The van der Waals surface area contributed by atoms with Crippen molar-refractivity contribution in [3.05, 3.63) is 22.8 Å². The molecule has 2 aliphatic rings. The molecule has 126 valence electrons. The van der Waals surface area contributed by atoms with Crippen molar-refractivity contribution in [2.75, 3.05) is 18.0 Å². The first-order valence-electron chi connectivity index (χ1n) is 8.82. The Bertz CT molecular complexity index is 629. The lowest BCUT2D eigenvalue weighted by atomic mass is 9.89. The van der Waals surface area contributed by atoms with Gasteiger partial charge in [0.1, 0.15) is 5.75 Å². The molecule has 0 bridgehead atoms. The highest BCUT2D eigenvalue weighted by Crippen LogP contribution is 2.45. The minimum atomic E-state index is -1.96. The molecule has 3 nitrogen and oxygen atoms in total. The molecule has 0 unspecified atom stereocenters. The van der Waals surface area contributed by atoms with E-state index >= 15 is 0 Å². The molecule has 1 aromatic carbocycles. The minimum Gasteiger partial charge on any atom is -0.543 e. The second-order valence-electron chi connectivity index (χ2n) is 8.46. The maximum atomic E-state index is 11.7. The Kier molecular flexibility index (Phi) is 4.07. The second-order valence-corrected chi connectivity index (χ2v) is 13.2. The summed E-state index contributed by atoms with van der Waals surface area (Å²) in [5, 5.41) is 0.129. The van der Waals surface area contributed by atoms with Crippen molar-refractivity contribution < 1.29 is 9.22 Å². The molecule has 3 rings (SSSR count). The zero-order chi connectivity index (χ0) is 16.8. The summed E-state index contributed by atoms with van der Waals surface area (Å²) < 4.78 is 6.64. The maximum Gasteiger partial charge on any atom is 0.250 e. The molecule has 0 atom stereocenters. The summed E-state index contributed by atoms with van der Waals surface area (Å²) in [5.74, 6) is 0.886. The van der Waals surface area contributed by atoms with E-state index in [-0.39, 0.29) is 5.04 Å². The van der Waals surface area contributed by atoms with Gasteiger partial charge in [0.25, 0.3) is 8.32 Å². The molecule has 0 fully saturated rings. The second kappa shape index (κ2) is 5.66. The van der Waals surface area contributed by atoms with Gasteiger partial charge < -0.3 is 9.33 Å². The summed E-state index contributed by atoms with van der Waals surface area (Å²) in [5.41, 5.74) is 4.77. The molecule has 2 aliphatic heterocycles. The first kappa shape index (κ1) is 16.6. The average Bonchev–Trinajstić information content (AvgIpc) is 2.48. The number of rotatable bonds is 3. The lowest BCUT2D eigenvalue weighted by molar-refractivity contribution is 0.112. The van der Waals surface area contributed by atoms with Gasteiger partial charge in [-0.2, -0.15) is 0 Å². The third kappa shape index (κ3) is 2.82. The lowest BCUT2D eigenvalue weighted by Crippen LogP contribution is -2.45. The van der Waals surface area contributed by atoms with Gasteiger partial charge >= 0.3 is 0 Å². The number of hydrogen-bond acceptors (Lipinski definition) is 3. The molecule has 0 saturated heterocycles. The molecule has 23 heavy (non-hydrogen) atoms. The van der Waals surface area contributed by atoms with E-state index in [0.29, 0.717) is 0 Å². The maximum absolute atomic E-state index is 11.7. The fourth-order valence-electron chi connectivity index (χ4n) is 3.47. The monoisotopic (exact) mass is 331 g/mol. The summed E-state index contributed by atoms with van der Waals surface area (Å²) >= 11 is 0. The largest absolute Gasteiger partial charge is 0.543 e. The van der Waals surface area contributed by atoms with Crippen molar-refractivity contribution in [2.45, 2.75) is 64.6 Å². The van der Waals surface area contributed by atoms with Crippen LogP contribution in [0.5, 0.6) is 5.75 Å². The van der Waals surface area contributed by atoms with Gasteiger partial charge in [0, 0.05) is 24.3 Å². The van der Waals surface area contributed by atoms with Gasteiger partial charge in [-0.15, -0.1) is 0 Å². The van der Waals surface area contributed by atoms with Crippen LogP contribution in [0.25, 0.3) is 0 Å². The van der Waals surface area contributed by atoms with E-state index in [9.17, 15) is 4.79 Å². The van der Waals surface area contributed by atoms with E-state index in [1.165, 1.54) is 23.2 Å². The molecule has 0 aromatic heterocycles. The van der Waals surface area contributed by atoms with Crippen molar-refractivity contribution in [1.29, 1.82) is 0 Å². The molecule has 0 N–H and O–H groups in total. The van der Waals surface area contributed by atoms with E-state index < -0.39 is 8.32 Å². The van der Waals surface area contributed by atoms with Crippen LogP contribution in [0, 0.1) is 0 Å². The van der Waals surface area contributed by atoms with Crippen LogP contribution >= 0.6 is 0 Å². The molecule has 0 radical (unpaired) electrons. The highest BCUT2D eigenvalue weighted by atomic mass is 28.4. The number of hydrogen-bond donors (Lipinski definition) is 0. The molecular formula is C19H29NO2Si. The summed E-state index contributed by atoms with van der Waals surface area (Å²) in [7, 11) is -1.96. The first-order chi connectivity index (χ1) is 10.7. The smallest absolute Gasteiger partial charge is 0.250 e. The Hall–Kier alpha value is -1.29. The van der Waals surface area contributed by atoms with E-state index in [1.54, 1.807) is 0 Å². The third-order valence-electron chi connectivity index (χ3n) is 5.79. The van der Waals surface area contributed by atoms with Gasteiger partial charge in [0.2, 0.25) is 0 Å². The van der Waals surface area contributed by atoms with E-state index in [2.05, 4.69) is 44.8 Å². The topological polar surface area (TPSA) is 29.5 Å². The predicted octanol–water partition coefficient (Wildman–Crippen LogP) is 4.58. The van der Waals surface area contributed by atoms with Gasteiger partial charge in [-0.25, -0.2) is 0 Å². The standard InChI is InChI=1S/C19H29NO2Si/c1-19(2,3)23(4,5)22-18-15(13-21)12-14-8-6-10-20-11-7-9-16(18)17(14)20/h12-13H,6-11H2,1-5H3. The Morgan fingerprint density at radius 1 is 1.17 bits per heavy atom. The van der Waals surface area contributed by atoms with Crippen LogP contribution in [0.3, 0.4) is 0 Å². The molecule has 0 saturated carbocycles. The number of carbonyl (C=O) groups excluding carboxylic acids is 1. The van der Waals surface area contributed by atoms with Gasteiger partial charge in [-0.3, -0.25) is 4.79 Å². The minimum absolute atomic E-state index is 0.129. The molecule has 0 amide bonds. The van der Waals surface area contributed by atoms with Crippen LogP contribution in [0.2, 0.25) is 18.1 Å². The molecule has 0 spiro atoms. The zero-order valence-corrected chi connectivity index (χ0v) is 16.2. The number of carbonyl (C=O) groups is 1. The molecule has 0 aliphatic carbocycles. The number of aldehydes is 1. The average molecular weight is 332 g/mol. The first-order valence-corrected chi connectivity index (χ1v) is 11.7. The molecule has 4 heteroatoms. The van der Waals surface area contributed by atoms with E-state index in [1.807, 2.05) is 0 Å². The number of aryl methyl sites for hydroxylation is 1. The predicted molar refractivity (Wildman–Crippen MR) is 98.5 cm³/mol. The summed E-state index contributed by atoms with van der Waals surface area (Å²) in [6.07, 6.45) is 5.45. The number of anilines is 1. The Labute approximate surface area is 141 Å².